The van der Waals surface area contributed by atoms with Crippen molar-refractivity contribution in [3.05, 3.63) is 42.5 Å². The van der Waals surface area contributed by atoms with E-state index >= 15 is 0 Å². The number of benzene rings is 2. The lowest BCUT2D eigenvalue weighted by atomic mass is 10.1. The van der Waals surface area contributed by atoms with E-state index in [0.29, 0.717) is 24.4 Å². The van der Waals surface area contributed by atoms with E-state index in [-0.39, 0.29) is 12.5 Å². The van der Waals surface area contributed by atoms with Crippen LogP contribution in [-0.2, 0) is 10.0 Å². The lowest BCUT2D eigenvalue weighted by Gasteiger charge is -2.18. The summed E-state index contributed by atoms with van der Waals surface area (Å²) in [7, 11) is -3.46. The molecular formula is C16H19NO3S. The van der Waals surface area contributed by atoms with E-state index in [1.165, 1.54) is 0 Å². The fraction of sp³-hybridized carbons (Fsp3) is 0.375. The van der Waals surface area contributed by atoms with Crippen molar-refractivity contribution < 1.29 is 13.5 Å². The molecule has 21 heavy (non-hydrogen) atoms. The minimum Gasteiger partial charge on any atom is -0.396 e. The molecule has 5 heteroatoms. The van der Waals surface area contributed by atoms with E-state index in [0.717, 1.165) is 17.2 Å². The van der Waals surface area contributed by atoms with Gasteiger partial charge in [-0.05, 0) is 30.2 Å². The number of fused-ring (bicyclic) bond motifs is 1. The molecule has 0 amide bonds. The molecule has 0 saturated carbocycles. The standard InChI is InChI=1S/C16H19NO3S/c18-11-9-13-8-10-17(12-13)21(19,20)16-7-3-5-14-4-1-2-6-15(14)16/h1-7,13,18H,8-12H2. The van der Waals surface area contributed by atoms with Gasteiger partial charge in [-0.25, -0.2) is 8.42 Å². The van der Waals surface area contributed by atoms with E-state index in [1.807, 2.05) is 30.3 Å². The molecule has 1 atom stereocenters. The predicted molar refractivity (Wildman–Crippen MR) is 82.5 cm³/mol. The molecule has 1 saturated heterocycles. The van der Waals surface area contributed by atoms with Crippen LogP contribution in [0.15, 0.2) is 47.4 Å². The number of hydrogen-bond donors (Lipinski definition) is 1. The van der Waals surface area contributed by atoms with Gasteiger partial charge in [0.25, 0.3) is 0 Å². The Bertz CT molecular complexity index is 737. The fourth-order valence-electron chi connectivity index (χ4n) is 2.99. The fourth-order valence-corrected chi connectivity index (χ4v) is 4.74. The maximum Gasteiger partial charge on any atom is 0.243 e. The highest BCUT2D eigenvalue weighted by atomic mass is 32.2. The third-order valence-electron chi connectivity index (χ3n) is 4.15. The molecule has 1 fully saturated rings. The molecule has 1 aliphatic heterocycles. The summed E-state index contributed by atoms with van der Waals surface area (Å²) in [4.78, 5) is 0.380. The Labute approximate surface area is 125 Å². The highest BCUT2D eigenvalue weighted by molar-refractivity contribution is 7.89. The van der Waals surface area contributed by atoms with Crippen LogP contribution in [0.25, 0.3) is 10.8 Å². The lowest BCUT2D eigenvalue weighted by molar-refractivity contribution is 0.260. The van der Waals surface area contributed by atoms with Crippen LogP contribution < -0.4 is 0 Å². The van der Waals surface area contributed by atoms with Gasteiger partial charge in [0, 0.05) is 25.1 Å². The first-order valence-electron chi connectivity index (χ1n) is 7.21. The van der Waals surface area contributed by atoms with E-state index in [4.69, 9.17) is 5.11 Å². The zero-order valence-corrected chi connectivity index (χ0v) is 12.6. The summed E-state index contributed by atoms with van der Waals surface area (Å²) in [6.45, 7) is 1.16. The molecular weight excluding hydrogens is 286 g/mol. The Morgan fingerprint density at radius 3 is 2.71 bits per heavy atom. The molecule has 1 N–H and O–H groups in total. The summed E-state index contributed by atoms with van der Waals surface area (Å²) in [5.74, 6) is 0.264. The lowest BCUT2D eigenvalue weighted by Crippen LogP contribution is -2.29. The van der Waals surface area contributed by atoms with Crippen molar-refractivity contribution in [3.8, 4) is 0 Å². The molecule has 2 aromatic carbocycles. The second kappa shape index (κ2) is 5.75. The molecule has 2 aromatic rings. The molecule has 1 heterocycles. The van der Waals surface area contributed by atoms with Gasteiger partial charge in [0.05, 0.1) is 4.90 Å². The summed E-state index contributed by atoms with van der Waals surface area (Å²) in [5.41, 5.74) is 0. The van der Waals surface area contributed by atoms with Gasteiger partial charge in [-0.3, -0.25) is 0 Å². The summed E-state index contributed by atoms with van der Waals surface area (Å²) < 4.78 is 27.3. The van der Waals surface area contributed by atoms with Crippen LogP contribution in [0.5, 0.6) is 0 Å². The van der Waals surface area contributed by atoms with Crippen LogP contribution in [-0.4, -0.2) is 37.5 Å². The van der Waals surface area contributed by atoms with Gasteiger partial charge in [-0.15, -0.1) is 0 Å². The second-order valence-electron chi connectivity index (χ2n) is 5.51. The normalized spacial score (nSPS) is 20.1. The Hall–Kier alpha value is -1.43. The van der Waals surface area contributed by atoms with Crippen molar-refractivity contribution in [3.63, 3.8) is 0 Å². The molecule has 0 spiro atoms. The molecule has 0 aliphatic carbocycles. The van der Waals surface area contributed by atoms with Crippen LogP contribution in [0.1, 0.15) is 12.8 Å². The van der Waals surface area contributed by atoms with E-state index in [2.05, 4.69) is 0 Å². The first kappa shape index (κ1) is 14.5. The summed E-state index contributed by atoms with van der Waals surface area (Å²) in [5, 5.41) is 10.7. The van der Waals surface area contributed by atoms with Crippen molar-refractivity contribution in [2.45, 2.75) is 17.7 Å². The second-order valence-corrected chi connectivity index (χ2v) is 7.41. The minimum atomic E-state index is -3.46. The van der Waals surface area contributed by atoms with Crippen LogP contribution in [0.2, 0.25) is 0 Å². The first-order chi connectivity index (χ1) is 10.1. The smallest absolute Gasteiger partial charge is 0.243 e. The average molecular weight is 305 g/mol. The number of aliphatic hydroxyl groups excluding tert-OH is 1. The molecule has 0 bridgehead atoms. The van der Waals surface area contributed by atoms with E-state index in [1.54, 1.807) is 16.4 Å². The average Bonchev–Trinajstić information content (AvgIpc) is 2.96. The van der Waals surface area contributed by atoms with Crippen LogP contribution in [0.4, 0.5) is 0 Å². The largest absolute Gasteiger partial charge is 0.396 e. The topological polar surface area (TPSA) is 57.6 Å². The van der Waals surface area contributed by atoms with Gasteiger partial charge in [-0.1, -0.05) is 36.4 Å². The maximum atomic E-state index is 12.9. The predicted octanol–water partition coefficient (Wildman–Crippen LogP) is 2.23. The Balaban J connectivity index is 1.98. The summed E-state index contributed by atoms with van der Waals surface area (Å²) in [6, 6.07) is 12.9. The van der Waals surface area contributed by atoms with Crippen molar-refractivity contribution >= 4 is 20.8 Å². The molecule has 1 unspecified atom stereocenters. The number of aliphatic hydroxyl groups is 1. The quantitative estimate of drug-likeness (QED) is 0.942. The van der Waals surface area contributed by atoms with Crippen LogP contribution in [0, 0.1) is 5.92 Å². The molecule has 4 nitrogen and oxygen atoms in total. The highest BCUT2D eigenvalue weighted by Crippen LogP contribution is 2.30. The van der Waals surface area contributed by atoms with Gasteiger partial charge in [0.2, 0.25) is 10.0 Å². The number of hydrogen-bond acceptors (Lipinski definition) is 3. The molecule has 0 radical (unpaired) electrons. The third-order valence-corrected chi connectivity index (χ3v) is 6.08. The Morgan fingerprint density at radius 1 is 1.14 bits per heavy atom. The summed E-state index contributed by atoms with van der Waals surface area (Å²) >= 11 is 0. The molecule has 3 rings (SSSR count). The van der Waals surface area contributed by atoms with E-state index in [9.17, 15) is 8.42 Å². The van der Waals surface area contributed by atoms with Crippen LogP contribution in [0.3, 0.4) is 0 Å². The zero-order valence-electron chi connectivity index (χ0n) is 11.8. The Kier molecular flexibility index (Phi) is 3.97. The first-order valence-corrected chi connectivity index (χ1v) is 8.65. The monoisotopic (exact) mass is 305 g/mol. The number of sulfonamides is 1. The number of rotatable bonds is 4. The zero-order chi connectivity index (χ0) is 14.9. The van der Waals surface area contributed by atoms with Crippen molar-refractivity contribution in [1.29, 1.82) is 0 Å². The molecule has 0 aromatic heterocycles. The molecule has 112 valence electrons. The van der Waals surface area contributed by atoms with Gasteiger partial charge in [0.1, 0.15) is 0 Å². The third kappa shape index (κ3) is 2.69. The van der Waals surface area contributed by atoms with Gasteiger partial charge in [0.15, 0.2) is 0 Å². The van der Waals surface area contributed by atoms with Crippen molar-refractivity contribution in [2.24, 2.45) is 5.92 Å². The van der Waals surface area contributed by atoms with Gasteiger partial charge >= 0.3 is 0 Å². The van der Waals surface area contributed by atoms with E-state index < -0.39 is 10.0 Å². The van der Waals surface area contributed by atoms with Gasteiger partial charge in [-0.2, -0.15) is 4.31 Å². The minimum absolute atomic E-state index is 0.118. The Morgan fingerprint density at radius 2 is 1.90 bits per heavy atom. The molecule has 1 aliphatic rings. The SMILES string of the molecule is O=S(=O)(c1cccc2ccccc12)N1CCC(CCO)C1. The van der Waals surface area contributed by atoms with Crippen molar-refractivity contribution in [1.82, 2.24) is 4.31 Å². The van der Waals surface area contributed by atoms with Gasteiger partial charge < -0.3 is 5.11 Å². The van der Waals surface area contributed by atoms with Crippen LogP contribution >= 0.6 is 0 Å². The highest BCUT2D eigenvalue weighted by Gasteiger charge is 2.32. The number of nitrogens with zero attached hydrogens (tertiary/aromatic N) is 1. The van der Waals surface area contributed by atoms with Crippen molar-refractivity contribution in [2.75, 3.05) is 19.7 Å². The maximum absolute atomic E-state index is 12.9. The summed E-state index contributed by atoms with van der Waals surface area (Å²) in [6.07, 6.45) is 1.49.